The molecule has 0 saturated carbocycles. The smallest absolute Gasteiger partial charge is 0.318 e. The van der Waals surface area contributed by atoms with Gasteiger partial charge in [0, 0.05) is 26.7 Å². The van der Waals surface area contributed by atoms with Gasteiger partial charge < -0.3 is 20.5 Å². The number of carbonyl (C=O) groups is 1. The molecule has 6 nitrogen and oxygen atoms in total. The summed E-state index contributed by atoms with van der Waals surface area (Å²) in [5.74, 6) is 0. The van der Waals surface area contributed by atoms with Crippen molar-refractivity contribution < 1.29 is 4.79 Å². The van der Waals surface area contributed by atoms with Gasteiger partial charge in [0.15, 0.2) is 0 Å². The van der Waals surface area contributed by atoms with Crippen molar-refractivity contribution in [1.82, 2.24) is 19.8 Å². The summed E-state index contributed by atoms with van der Waals surface area (Å²) in [6, 6.07) is 6.09. The first-order chi connectivity index (χ1) is 9.19. The van der Waals surface area contributed by atoms with Gasteiger partial charge >= 0.3 is 6.03 Å². The number of hydrogen-bond acceptors (Lipinski definition) is 3. The van der Waals surface area contributed by atoms with Crippen LogP contribution in [-0.4, -0.2) is 40.1 Å². The molecule has 1 aromatic heterocycles. The van der Waals surface area contributed by atoms with Crippen LogP contribution in [0.4, 0.5) is 4.79 Å². The maximum Gasteiger partial charge on any atom is 0.318 e. The molecule has 3 rings (SSSR count). The predicted molar refractivity (Wildman–Crippen MR) is 72.6 cm³/mol. The molecule has 1 aliphatic heterocycles. The lowest BCUT2D eigenvalue weighted by molar-refractivity contribution is 0.218. The highest BCUT2D eigenvalue weighted by molar-refractivity contribution is 5.79. The first-order valence-electron chi connectivity index (χ1n) is 6.35. The van der Waals surface area contributed by atoms with Crippen LogP contribution in [0.5, 0.6) is 0 Å². The SMILES string of the molecule is Cn1cnc2cc(C3CN(CCN)C(=O)N3)ccc21. The molecule has 0 spiro atoms. The van der Waals surface area contributed by atoms with E-state index in [4.69, 9.17) is 5.73 Å². The van der Waals surface area contributed by atoms with E-state index >= 15 is 0 Å². The molecule has 100 valence electrons. The summed E-state index contributed by atoms with van der Waals surface area (Å²) >= 11 is 0. The Balaban J connectivity index is 1.87. The topological polar surface area (TPSA) is 76.2 Å². The second-order valence-electron chi connectivity index (χ2n) is 4.84. The summed E-state index contributed by atoms with van der Waals surface area (Å²) in [6.45, 7) is 1.74. The van der Waals surface area contributed by atoms with E-state index in [9.17, 15) is 4.79 Å². The number of carbonyl (C=O) groups excluding carboxylic acids is 1. The number of fused-ring (bicyclic) bond motifs is 1. The fourth-order valence-electron chi connectivity index (χ4n) is 2.50. The van der Waals surface area contributed by atoms with E-state index < -0.39 is 0 Å². The number of benzene rings is 1. The Morgan fingerprint density at radius 2 is 2.37 bits per heavy atom. The van der Waals surface area contributed by atoms with E-state index in [1.807, 2.05) is 29.8 Å². The molecule has 6 heteroatoms. The molecule has 1 atom stereocenters. The van der Waals surface area contributed by atoms with Crippen molar-refractivity contribution in [2.24, 2.45) is 12.8 Å². The number of aryl methyl sites for hydroxylation is 1. The van der Waals surface area contributed by atoms with Crippen molar-refractivity contribution in [2.45, 2.75) is 6.04 Å². The molecule has 2 aromatic rings. The number of nitrogens with zero attached hydrogens (tertiary/aromatic N) is 3. The van der Waals surface area contributed by atoms with E-state index in [1.54, 1.807) is 11.2 Å². The number of imidazole rings is 1. The van der Waals surface area contributed by atoms with Crippen molar-refractivity contribution in [3.63, 3.8) is 0 Å². The molecule has 0 radical (unpaired) electrons. The van der Waals surface area contributed by atoms with E-state index in [2.05, 4.69) is 10.3 Å². The first-order valence-corrected chi connectivity index (χ1v) is 6.35. The fraction of sp³-hybridized carbons (Fsp3) is 0.385. The zero-order valence-corrected chi connectivity index (χ0v) is 10.8. The number of rotatable bonds is 3. The largest absolute Gasteiger partial charge is 0.334 e. The molecule has 1 saturated heterocycles. The molecule has 3 N–H and O–H groups in total. The van der Waals surface area contributed by atoms with Gasteiger partial charge in [0.2, 0.25) is 0 Å². The maximum absolute atomic E-state index is 11.8. The summed E-state index contributed by atoms with van der Waals surface area (Å²) < 4.78 is 1.98. The molecule has 1 aliphatic rings. The van der Waals surface area contributed by atoms with Crippen LogP contribution in [0.1, 0.15) is 11.6 Å². The van der Waals surface area contributed by atoms with Crippen LogP contribution >= 0.6 is 0 Å². The van der Waals surface area contributed by atoms with Crippen LogP contribution in [0, 0.1) is 0 Å². The third kappa shape index (κ3) is 2.04. The minimum atomic E-state index is -0.0448. The number of urea groups is 1. The van der Waals surface area contributed by atoms with Crippen LogP contribution < -0.4 is 11.1 Å². The van der Waals surface area contributed by atoms with E-state index in [0.29, 0.717) is 19.6 Å². The van der Waals surface area contributed by atoms with Crippen LogP contribution in [0.15, 0.2) is 24.5 Å². The van der Waals surface area contributed by atoms with Crippen LogP contribution in [0.3, 0.4) is 0 Å². The minimum Gasteiger partial charge on any atom is -0.334 e. The highest BCUT2D eigenvalue weighted by Gasteiger charge is 2.29. The zero-order chi connectivity index (χ0) is 13.4. The Morgan fingerprint density at radius 1 is 1.53 bits per heavy atom. The average Bonchev–Trinajstić information content (AvgIpc) is 2.95. The summed E-state index contributed by atoms with van der Waals surface area (Å²) in [7, 11) is 1.97. The van der Waals surface area contributed by atoms with Gasteiger partial charge in [-0.25, -0.2) is 9.78 Å². The normalized spacial score (nSPS) is 19.2. The van der Waals surface area contributed by atoms with Gasteiger partial charge in [0.1, 0.15) is 0 Å². The molecular weight excluding hydrogens is 242 g/mol. The van der Waals surface area contributed by atoms with Crippen LogP contribution in [0.25, 0.3) is 11.0 Å². The van der Waals surface area contributed by atoms with E-state index in [0.717, 1.165) is 16.6 Å². The van der Waals surface area contributed by atoms with Crippen LogP contribution in [0.2, 0.25) is 0 Å². The number of amides is 2. The van der Waals surface area contributed by atoms with E-state index in [1.165, 1.54) is 0 Å². The quantitative estimate of drug-likeness (QED) is 0.847. The summed E-state index contributed by atoms with van der Waals surface area (Å²) in [5, 5.41) is 2.97. The number of nitrogens with one attached hydrogen (secondary N) is 1. The number of nitrogens with two attached hydrogens (primary N) is 1. The molecule has 19 heavy (non-hydrogen) atoms. The number of aromatic nitrogens is 2. The molecule has 2 amide bonds. The molecule has 2 heterocycles. The first kappa shape index (κ1) is 12.0. The van der Waals surface area contributed by atoms with Crippen molar-refractivity contribution in [3.8, 4) is 0 Å². The van der Waals surface area contributed by atoms with Crippen molar-refractivity contribution >= 4 is 17.1 Å². The van der Waals surface area contributed by atoms with Gasteiger partial charge in [-0.3, -0.25) is 0 Å². The fourth-order valence-corrected chi connectivity index (χ4v) is 2.50. The highest BCUT2D eigenvalue weighted by Crippen LogP contribution is 2.23. The zero-order valence-electron chi connectivity index (χ0n) is 10.8. The Labute approximate surface area is 111 Å². The summed E-state index contributed by atoms with van der Waals surface area (Å²) in [5.41, 5.74) is 8.62. The molecule has 1 aromatic carbocycles. The van der Waals surface area contributed by atoms with Crippen molar-refractivity contribution in [1.29, 1.82) is 0 Å². The Morgan fingerprint density at radius 3 is 3.16 bits per heavy atom. The third-order valence-electron chi connectivity index (χ3n) is 3.54. The lowest BCUT2D eigenvalue weighted by Gasteiger charge is -2.13. The van der Waals surface area contributed by atoms with Crippen molar-refractivity contribution in [3.05, 3.63) is 30.1 Å². The minimum absolute atomic E-state index is 0.0189. The Kier molecular flexibility index (Phi) is 2.87. The second-order valence-corrected chi connectivity index (χ2v) is 4.84. The lowest BCUT2D eigenvalue weighted by Crippen LogP contribution is -2.32. The van der Waals surface area contributed by atoms with Crippen LogP contribution in [-0.2, 0) is 7.05 Å². The van der Waals surface area contributed by atoms with Gasteiger partial charge in [0.25, 0.3) is 0 Å². The second kappa shape index (κ2) is 4.55. The van der Waals surface area contributed by atoms with E-state index in [-0.39, 0.29) is 12.1 Å². The van der Waals surface area contributed by atoms with Gasteiger partial charge in [0.05, 0.1) is 23.4 Å². The molecule has 0 bridgehead atoms. The Bertz CT molecular complexity index is 621. The molecule has 1 fully saturated rings. The average molecular weight is 259 g/mol. The predicted octanol–water partition coefficient (Wildman–Crippen LogP) is 0.598. The molecular formula is C13H17N5O. The monoisotopic (exact) mass is 259 g/mol. The van der Waals surface area contributed by atoms with Gasteiger partial charge in [-0.2, -0.15) is 0 Å². The number of hydrogen-bond donors (Lipinski definition) is 2. The molecule has 0 aliphatic carbocycles. The van der Waals surface area contributed by atoms with Gasteiger partial charge in [-0.15, -0.1) is 0 Å². The van der Waals surface area contributed by atoms with Gasteiger partial charge in [-0.1, -0.05) is 6.07 Å². The molecule has 1 unspecified atom stereocenters. The standard InChI is InChI=1S/C13H17N5O/c1-17-8-15-10-6-9(2-3-12(10)17)11-7-18(5-4-14)13(19)16-11/h2-3,6,8,11H,4-5,7,14H2,1H3,(H,16,19). The maximum atomic E-state index is 11.8. The Hall–Kier alpha value is -2.08. The van der Waals surface area contributed by atoms with Gasteiger partial charge in [-0.05, 0) is 17.7 Å². The summed E-state index contributed by atoms with van der Waals surface area (Å²) in [6.07, 6.45) is 1.79. The highest BCUT2D eigenvalue weighted by atomic mass is 16.2. The van der Waals surface area contributed by atoms with Crippen molar-refractivity contribution in [2.75, 3.05) is 19.6 Å². The lowest BCUT2D eigenvalue weighted by atomic mass is 10.1. The third-order valence-corrected chi connectivity index (χ3v) is 3.54. The summed E-state index contributed by atoms with van der Waals surface area (Å²) in [4.78, 5) is 17.8.